The smallest absolute Gasteiger partial charge is 0.258 e. The molecule has 3 rings (SSSR count). The second kappa shape index (κ2) is 7.57. The molecule has 1 aliphatic carbocycles. The first-order valence-electron chi connectivity index (χ1n) is 8.66. The van der Waals surface area contributed by atoms with Crippen LogP contribution in [0.25, 0.3) is 0 Å². The molecule has 0 radical (unpaired) electrons. The molecule has 3 N–H and O–H groups in total. The van der Waals surface area contributed by atoms with E-state index in [0.29, 0.717) is 23.7 Å². The summed E-state index contributed by atoms with van der Waals surface area (Å²) < 4.78 is 0. The Morgan fingerprint density at radius 3 is 2.46 bits per heavy atom. The van der Waals surface area contributed by atoms with Gasteiger partial charge in [-0.1, -0.05) is 25.7 Å². The van der Waals surface area contributed by atoms with E-state index in [1.165, 1.54) is 50.7 Å². The molecular formula is C18H23N3O3. The summed E-state index contributed by atoms with van der Waals surface area (Å²) in [6.45, 7) is 1.28. The number of hydrogen-bond donors (Lipinski definition) is 3. The lowest BCUT2D eigenvalue weighted by Gasteiger charge is -2.16. The number of nitrogens with one attached hydrogen (secondary N) is 3. The third-order valence-electron chi connectivity index (χ3n) is 4.70. The van der Waals surface area contributed by atoms with Gasteiger partial charge in [0.1, 0.15) is 0 Å². The van der Waals surface area contributed by atoms with Crippen LogP contribution in [0, 0.1) is 0 Å². The van der Waals surface area contributed by atoms with Crippen LogP contribution in [-0.4, -0.2) is 36.9 Å². The van der Waals surface area contributed by atoms with Crippen LogP contribution in [0.1, 0.15) is 69.6 Å². The first kappa shape index (κ1) is 16.6. The van der Waals surface area contributed by atoms with E-state index >= 15 is 0 Å². The maximum atomic E-state index is 12.2. The first-order chi connectivity index (χ1) is 11.6. The van der Waals surface area contributed by atoms with Gasteiger partial charge in [-0.25, -0.2) is 0 Å². The minimum atomic E-state index is -0.445. The Morgan fingerprint density at radius 2 is 1.71 bits per heavy atom. The maximum Gasteiger partial charge on any atom is 0.258 e. The third kappa shape index (κ3) is 3.82. The SMILES string of the molecule is O=C(NCCNC1CCCCCC1)c1ccc2c(c1)C(=O)NC2=O. The summed E-state index contributed by atoms with van der Waals surface area (Å²) in [4.78, 5) is 35.3. The van der Waals surface area contributed by atoms with Gasteiger partial charge in [0.25, 0.3) is 17.7 Å². The number of carbonyl (C=O) groups excluding carboxylic acids is 3. The molecule has 6 heteroatoms. The van der Waals surface area contributed by atoms with Gasteiger partial charge in [0, 0.05) is 24.7 Å². The Morgan fingerprint density at radius 1 is 1.00 bits per heavy atom. The number of imide groups is 1. The van der Waals surface area contributed by atoms with Gasteiger partial charge in [-0.3, -0.25) is 19.7 Å². The average Bonchev–Trinajstić information content (AvgIpc) is 2.77. The highest BCUT2D eigenvalue weighted by Crippen LogP contribution is 2.18. The number of rotatable bonds is 5. The van der Waals surface area contributed by atoms with E-state index in [-0.39, 0.29) is 11.5 Å². The van der Waals surface area contributed by atoms with E-state index in [1.807, 2.05) is 0 Å². The molecule has 0 saturated heterocycles. The number of carbonyl (C=O) groups is 3. The highest BCUT2D eigenvalue weighted by atomic mass is 16.2. The second-order valence-electron chi connectivity index (χ2n) is 6.44. The zero-order valence-corrected chi connectivity index (χ0v) is 13.7. The van der Waals surface area contributed by atoms with Crippen molar-refractivity contribution in [3.05, 3.63) is 34.9 Å². The molecule has 24 heavy (non-hydrogen) atoms. The molecule has 1 saturated carbocycles. The van der Waals surface area contributed by atoms with Crippen molar-refractivity contribution in [3.8, 4) is 0 Å². The number of fused-ring (bicyclic) bond motifs is 1. The zero-order chi connectivity index (χ0) is 16.9. The van der Waals surface area contributed by atoms with Crippen molar-refractivity contribution in [1.82, 2.24) is 16.0 Å². The lowest BCUT2D eigenvalue weighted by atomic mass is 10.1. The van der Waals surface area contributed by atoms with Crippen LogP contribution in [0.15, 0.2) is 18.2 Å². The van der Waals surface area contributed by atoms with Crippen LogP contribution < -0.4 is 16.0 Å². The lowest BCUT2D eigenvalue weighted by Crippen LogP contribution is -2.36. The standard InChI is InChI=1S/C18H23N3O3/c22-16(20-10-9-19-13-5-3-1-2-4-6-13)12-7-8-14-15(11-12)18(24)21-17(14)23/h7-8,11,13,19H,1-6,9-10H2,(H,20,22)(H,21,23,24). The summed E-state index contributed by atoms with van der Waals surface area (Å²) in [7, 11) is 0. The largest absolute Gasteiger partial charge is 0.351 e. The van der Waals surface area contributed by atoms with E-state index in [9.17, 15) is 14.4 Å². The number of hydrogen-bond acceptors (Lipinski definition) is 4. The van der Waals surface area contributed by atoms with Gasteiger partial charge in [0.15, 0.2) is 0 Å². The van der Waals surface area contributed by atoms with Gasteiger partial charge in [-0.2, -0.15) is 0 Å². The van der Waals surface area contributed by atoms with Gasteiger partial charge >= 0.3 is 0 Å². The molecule has 0 aromatic heterocycles. The number of benzene rings is 1. The molecule has 0 unspecified atom stereocenters. The zero-order valence-electron chi connectivity index (χ0n) is 13.7. The van der Waals surface area contributed by atoms with E-state index < -0.39 is 11.8 Å². The minimum Gasteiger partial charge on any atom is -0.351 e. The highest BCUT2D eigenvalue weighted by Gasteiger charge is 2.27. The quantitative estimate of drug-likeness (QED) is 0.435. The summed E-state index contributed by atoms with van der Waals surface area (Å²) in [5, 5.41) is 8.58. The van der Waals surface area contributed by atoms with Crippen molar-refractivity contribution in [2.24, 2.45) is 0 Å². The van der Waals surface area contributed by atoms with Gasteiger partial charge < -0.3 is 10.6 Å². The summed E-state index contributed by atoms with van der Waals surface area (Å²) in [6, 6.07) is 5.13. The van der Waals surface area contributed by atoms with Crippen LogP contribution in [-0.2, 0) is 0 Å². The Labute approximate surface area is 141 Å². The van der Waals surface area contributed by atoms with Crippen molar-refractivity contribution in [3.63, 3.8) is 0 Å². The molecule has 3 amide bonds. The molecule has 1 aromatic rings. The fraction of sp³-hybridized carbons (Fsp3) is 0.500. The number of amides is 3. The maximum absolute atomic E-state index is 12.2. The molecule has 0 spiro atoms. The summed E-state index contributed by atoms with van der Waals surface area (Å²) in [5.41, 5.74) is 0.990. The normalized spacial score (nSPS) is 18.0. The highest BCUT2D eigenvalue weighted by molar-refractivity contribution is 6.22. The lowest BCUT2D eigenvalue weighted by molar-refractivity contribution is 0.0878. The summed E-state index contributed by atoms with van der Waals surface area (Å²) >= 11 is 0. The summed E-state index contributed by atoms with van der Waals surface area (Å²) in [5.74, 6) is -1.08. The van der Waals surface area contributed by atoms with E-state index in [4.69, 9.17) is 0 Å². The molecule has 128 valence electrons. The Bertz CT molecular complexity index is 649. The third-order valence-corrected chi connectivity index (χ3v) is 4.70. The van der Waals surface area contributed by atoms with Crippen molar-refractivity contribution in [1.29, 1.82) is 0 Å². The van der Waals surface area contributed by atoms with Crippen LogP contribution in [0.2, 0.25) is 0 Å². The summed E-state index contributed by atoms with van der Waals surface area (Å²) in [6.07, 6.45) is 7.62. The van der Waals surface area contributed by atoms with Crippen LogP contribution in [0.5, 0.6) is 0 Å². The van der Waals surface area contributed by atoms with Gasteiger partial charge in [0.2, 0.25) is 0 Å². The fourth-order valence-corrected chi connectivity index (χ4v) is 3.35. The minimum absolute atomic E-state index is 0.229. The van der Waals surface area contributed by atoms with Crippen LogP contribution in [0.3, 0.4) is 0 Å². The fourth-order valence-electron chi connectivity index (χ4n) is 3.35. The molecule has 1 fully saturated rings. The Hall–Kier alpha value is -2.21. The van der Waals surface area contributed by atoms with Gasteiger partial charge in [-0.15, -0.1) is 0 Å². The molecule has 0 bridgehead atoms. The molecule has 6 nitrogen and oxygen atoms in total. The molecular weight excluding hydrogens is 306 g/mol. The Kier molecular flexibility index (Phi) is 5.25. The van der Waals surface area contributed by atoms with Crippen LogP contribution in [0.4, 0.5) is 0 Å². The average molecular weight is 329 g/mol. The molecule has 1 heterocycles. The Balaban J connectivity index is 1.48. The van der Waals surface area contributed by atoms with Crippen molar-refractivity contribution in [2.45, 2.75) is 44.6 Å². The van der Waals surface area contributed by atoms with Crippen molar-refractivity contribution in [2.75, 3.05) is 13.1 Å². The van der Waals surface area contributed by atoms with Gasteiger partial charge in [-0.05, 0) is 31.0 Å². The second-order valence-corrected chi connectivity index (χ2v) is 6.44. The monoisotopic (exact) mass is 329 g/mol. The van der Waals surface area contributed by atoms with Gasteiger partial charge in [0.05, 0.1) is 11.1 Å². The molecule has 1 aromatic carbocycles. The van der Waals surface area contributed by atoms with E-state index in [0.717, 1.165) is 6.54 Å². The molecule has 0 atom stereocenters. The van der Waals surface area contributed by atoms with Crippen molar-refractivity contribution < 1.29 is 14.4 Å². The predicted octanol–water partition coefficient (Wildman–Crippen LogP) is 1.61. The van der Waals surface area contributed by atoms with E-state index in [1.54, 1.807) is 6.07 Å². The van der Waals surface area contributed by atoms with Crippen LogP contribution >= 0.6 is 0 Å². The topological polar surface area (TPSA) is 87.3 Å². The molecule has 1 aliphatic heterocycles. The first-order valence-corrected chi connectivity index (χ1v) is 8.66. The molecule has 2 aliphatic rings. The predicted molar refractivity (Wildman–Crippen MR) is 90.1 cm³/mol. The van der Waals surface area contributed by atoms with Crippen molar-refractivity contribution >= 4 is 17.7 Å². The van der Waals surface area contributed by atoms with E-state index in [2.05, 4.69) is 16.0 Å².